The fourth-order valence-electron chi connectivity index (χ4n) is 3.60. The van der Waals surface area contributed by atoms with Gasteiger partial charge in [0.25, 0.3) is 5.69 Å². The molecular formula is C20H25FN4O5. The maximum Gasteiger partial charge on any atom is 0.309 e. The van der Waals surface area contributed by atoms with Crippen molar-refractivity contribution in [2.75, 3.05) is 18.0 Å². The van der Waals surface area contributed by atoms with Crippen LogP contribution >= 0.6 is 0 Å². The summed E-state index contributed by atoms with van der Waals surface area (Å²) in [6.07, 6.45) is 3.31. The molecule has 1 aliphatic heterocycles. The fraction of sp³-hybridized carbons (Fsp3) is 0.500. The molecule has 0 spiro atoms. The van der Waals surface area contributed by atoms with Crippen molar-refractivity contribution >= 4 is 17.3 Å². The number of anilines is 1. The van der Waals surface area contributed by atoms with Gasteiger partial charge >= 0.3 is 5.97 Å². The minimum atomic E-state index is -1.24. The number of non-ortho nitro benzene ring substituents is 1. The molecule has 0 aliphatic carbocycles. The molecule has 1 aromatic heterocycles. The number of carbonyl (C=O) groups is 1. The molecule has 0 radical (unpaired) electrons. The topological polar surface area (TPSA) is 122 Å². The smallest absolute Gasteiger partial charge is 0.309 e. The average Bonchev–Trinajstić information content (AvgIpc) is 3.14. The largest absolute Gasteiger partial charge is 0.460 e. The van der Waals surface area contributed by atoms with Gasteiger partial charge in [0, 0.05) is 36.5 Å². The van der Waals surface area contributed by atoms with E-state index in [4.69, 9.17) is 4.74 Å². The van der Waals surface area contributed by atoms with E-state index in [1.807, 2.05) is 0 Å². The molecule has 3 rings (SSSR count). The Morgan fingerprint density at radius 2 is 2.07 bits per heavy atom. The molecule has 1 fully saturated rings. The predicted molar refractivity (Wildman–Crippen MR) is 107 cm³/mol. The second kappa shape index (κ2) is 8.02. The number of H-pyrrole nitrogens is 1. The minimum Gasteiger partial charge on any atom is -0.460 e. The molecule has 2 aromatic rings. The summed E-state index contributed by atoms with van der Waals surface area (Å²) in [5.41, 5.74) is -1.18. The first-order valence-corrected chi connectivity index (χ1v) is 9.64. The number of aromatic nitrogens is 2. The van der Waals surface area contributed by atoms with Gasteiger partial charge in [-0.1, -0.05) is 0 Å². The number of benzene rings is 1. The standard InChI is InChI=1S/C20H25FN4O5/c1-19(2,3)30-17(26)10-20(27)4-6-24(7-5-20)18-15(13-11-22-23-12-13)8-14(25(28)29)9-16(18)21/h8-9,11-12,27H,4-7,10H2,1-3H3,(H,22,23). The molecule has 10 heteroatoms. The van der Waals surface area contributed by atoms with Gasteiger partial charge < -0.3 is 14.7 Å². The summed E-state index contributed by atoms with van der Waals surface area (Å²) in [5.74, 6) is -1.21. The summed E-state index contributed by atoms with van der Waals surface area (Å²) in [5, 5.41) is 28.5. The van der Waals surface area contributed by atoms with Crippen molar-refractivity contribution in [3.8, 4) is 11.1 Å². The zero-order valence-corrected chi connectivity index (χ0v) is 17.1. The highest BCUT2D eigenvalue weighted by atomic mass is 19.1. The van der Waals surface area contributed by atoms with E-state index in [9.17, 15) is 24.4 Å². The van der Waals surface area contributed by atoms with Gasteiger partial charge in [-0.3, -0.25) is 20.0 Å². The van der Waals surface area contributed by atoms with Gasteiger partial charge in [0.1, 0.15) is 5.60 Å². The first-order valence-electron chi connectivity index (χ1n) is 9.64. The Hall–Kier alpha value is -3.01. The summed E-state index contributed by atoms with van der Waals surface area (Å²) in [7, 11) is 0. The quantitative estimate of drug-likeness (QED) is 0.433. The Bertz CT molecular complexity index is 931. The number of carbonyl (C=O) groups excluding carboxylic acids is 1. The molecule has 9 nitrogen and oxygen atoms in total. The Labute approximate surface area is 173 Å². The molecule has 0 saturated carbocycles. The van der Waals surface area contributed by atoms with Crippen molar-refractivity contribution in [3.63, 3.8) is 0 Å². The summed E-state index contributed by atoms with van der Waals surface area (Å²) >= 11 is 0. The lowest BCUT2D eigenvalue weighted by Gasteiger charge is -2.39. The lowest BCUT2D eigenvalue weighted by Crippen LogP contribution is -2.46. The van der Waals surface area contributed by atoms with Crippen molar-refractivity contribution in [3.05, 3.63) is 40.5 Å². The molecule has 0 amide bonds. The van der Waals surface area contributed by atoms with Crippen LogP contribution in [-0.2, 0) is 9.53 Å². The van der Waals surface area contributed by atoms with Gasteiger partial charge in [-0.05, 0) is 33.6 Å². The number of halogens is 1. The lowest BCUT2D eigenvalue weighted by molar-refractivity contribution is -0.385. The van der Waals surface area contributed by atoms with Gasteiger partial charge in [0.15, 0.2) is 5.82 Å². The highest BCUT2D eigenvalue weighted by Crippen LogP contribution is 2.39. The van der Waals surface area contributed by atoms with E-state index < -0.39 is 27.9 Å². The number of aromatic amines is 1. The molecule has 0 bridgehead atoms. The van der Waals surface area contributed by atoms with Crippen LogP contribution in [0.4, 0.5) is 15.8 Å². The van der Waals surface area contributed by atoms with Gasteiger partial charge in [0.2, 0.25) is 0 Å². The SMILES string of the molecule is CC(C)(C)OC(=O)CC1(O)CCN(c2c(F)cc([N+](=O)[O-])cc2-c2cn[nH]c2)CC1. The van der Waals surface area contributed by atoms with Crippen LogP contribution in [0.2, 0.25) is 0 Å². The second-order valence-corrected chi connectivity index (χ2v) is 8.54. The molecule has 0 atom stereocenters. The number of nitro benzene ring substituents is 1. The van der Waals surface area contributed by atoms with Crippen LogP contribution in [0.1, 0.15) is 40.0 Å². The number of hydrogen-bond donors (Lipinski definition) is 2. The Morgan fingerprint density at radius 3 is 2.60 bits per heavy atom. The number of nitro groups is 1. The van der Waals surface area contributed by atoms with Crippen LogP contribution in [0.3, 0.4) is 0 Å². The van der Waals surface area contributed by atoms with Crippen molar-refractivity contribution in [2.45, 2.75) is 51.2 Å². The summed E-state index contributed by atoms with van der Waals surface area (Å²) in [6.45, 7) is 5.82. The highest BCUT2D eigenvalue weighted by Gasteiger charge is 2.37. The third kappa shape index (κ3) is 4.93. The van der Waals surface area contributed by atoms with E-state index >= 15 is 0 Å². The van der Waals surface area contributed by atoms with Crippen LogP contribution in [-0.4, -0.2) is 50.5 Å². The number of nitrogens with zero attached hydrogens (tertiary/aromatic N) is 3. The van der Waals surface area contributed by atoms with Crippen molar-refractivity contribution in [1.82, 2.24) is 10.2 Å². The number of esters is 1. The van der Waals surface area contributed by atoms with Crippen LogP contribution in [0.5, 0.6) is 0 Å². The van der Waals surface area contributed by atoms with Crippen LogP contribution in [0.15, 0.2) is 24.5 Å². The van der Waals surface area contributed by atoms with Gasteiger partial charge in [-0.15, -0.1) is 0 Å². The molecule has 30 heavy (non-hydrogen) atoms. The number of ether oxygens (including phenoxy) is 1. The Balaban J connectivity index is 1.82. The van der Waals surface area contributed by atoms with Crippen molar-refractivity contribution in [1.29, 1.82) is 0 Å². The van der Waals surface area contributed by atoms with Gasteiger partial charge in [-0.2, -0.15) is 5.10 Å². The van der Waals surface area contributed by atoms with E-state index in [1.165, 1.54) is 18.5 Å². The summed E-state index contributed by atoms with van der Waals surface area (Å²) in [6, 6.07) is 2.20. The number of aliphatic hydroxyl groups is 1. The molecule has 162 valence electrons. The number of piperidine rings is 1. The molecule has 1 saturated heterocycles. The van der Waals surface area contributed by atoms with Gasteiger partial charge in [0.05, 0.1) is 34.9 Å². The number of hydrogen-bond acceptors (Lipinski definition) is 7. The van der Waals surface area contributed by atoms with E-state index in [2.05, 4.69) is 10.2 Å². The maximum absolute atomic E-state index is 14.9. The molecule has 2 heterocycles. The maximum atomic E-state index is 14.9. The molecule has 1 aromatic carbocycles. The Kier molecular flexibility index (Phi) is 5.80. The first-order chi connectivity index (χ1) is 14.0. The van der Waals surface area contributed by atoms with E-state index in [-0.39, 0.29) is 43.7 Å². The normalized spacial score (nSPS) is 16.4. The van der Waals surface area contributed by atoms with Crippen molar-refractivity contribution in [2.24, 2.45) is 0 Å². The molecular weight excluding hydrogens is 395 g/mol. The van der Waals surface area contributed by atoms with E-state index in [0.717, 1.165) is 6.07 Å². The van der Waals surface area contributed by atoms with Crippen LogP contribution < -0.4 is 4.90 Å². The van der Waals surface area contributed by atoms with E-state index in [0.29, 0.717) is 11.1 Å². The summed E-state index contributed by atoms with van der Waals surface area (Å²) in [4.78, 5) is 24.4. The predicted octanol–water partition coefficient (Wildman–Crippen LogP) is 3.19. The number of rotatable bonds is 5. The highest BCUT2D eigenvalue weighted by molar-refractivity contribution is 5.81. The third-order valence-corrected chi connectivity index (χ3v) is 4.97. The fourth-order valence-corrected chi connectivity index (χ4v) is 3.60. The van der Waals surface area contributed by atoms with E-state index in [1.54, 1.807) is 25.7 Å². The third-order valence-electron chi connectivity index (χ3n) is 4.97. The molecule has 1 aliphatic rings. The first kappa shape index (κ1) is 21.7. The zero-order chi connectivity index (χ0) is 22.1. The Morgan fingerprint density at radius 1 is 1.40 bits per heavy atom. The number of nitrogens with one attached hydrogen (secondary N) is 1. The monoisotopic (exact) mass is 420 g/mol. The zero-order valence-electron chi connectivity index (χ0n) is 17.1. The molecule has 2 N–H and O–H groups in total. The van der Waals surface area contributed by atoms with Crippen LogP contribution in [0, 0.1) is 15.9 Å². The second-order valence-electron chi connectivity index (χ2n) is 8.54. The van der Waals surface area contributed by atoms with Crippen molar-refractivity contribution < 1.29 is 24.0 Å². The summed E-state index contributed by atoms with van der Waals surface area (Å²) < 4.78 is 20.2. The lowest BCUT2D eigenvalue weighted by atomic mass is 9.87. The average molecular weight is 420 g/mol. The van der Waals surface area contributed by atoms with Gasteiger partial charge in [-0.25, -0.2) is 4.39 Å². The minimum absolute atomic E-state index is 0.143. The van der Waals surface area contributed by atoms with Crippen LogP contribution in [0.25, 0.3) is 11.1 Å². The molecule has 0 unspecified atom stereocenters.